The van der Waals surface area contributed by atoms with Crippen LogP contribution >= 0.6 is 0 Å². The first-order chi connectivity index (χ1) is 11.0. The minimum atomic E-state index is -0.356. The van der Waals surface area contributed by atoms with Crippen molar-refractivity contribution in [3.8, 4) is 0 Å². The number of hydrogen-bond donors (Lipinski definition) is 2. The quantitative estimate of drug-likeness (QED) is 0.861. The minimum Gasteiger partial charge on any atom is -0.442 e. The van der Waals surface area contributed by atoms with Crippen LogP contribution < -0.4 is 15.5 Å². The predicted octanol–water partition coefficient (Wildman–Crippen LogP) is 1.40. The van der Waals surface area contributed by atoms with Crippen LogP contribution in [-0.2, 0) is 14.9 Å². The average Bonchev–Trinajstić information content (AvgIpc) is 2.91. The number of benzene rings is 1. The van der Waals surface area contributed by atoms with Crippen LogP contribution in [-0.4, -0.2) is 44.3 Å². The summed E-state index contributed by atoms with van der Waals surface area (Å²) >= 11 is 0. The highest BCUT2D eigenvalue weighted by Gasteiger charge is 2.35. The summed E-state index contributed by atoms with van der Waals surface area (Å²) in [5.41, 5.74) is 2.30. The van der Waals surface area contributed by atoms with Crippen molar-refractivity contribution in [1.82, 2.24) is 10.6 Å². The summed E-state index contributed by atoms with van der Waals surface area (Å²) in [7, 11) is 0. The maximum absolute atomic E-state index is 12.0. The fourth-order valence-electron chi connectivity index (χ4n) is 2.94. The molecule has 2 N–H and O–H groups in total. The zero-order chi connectivity index (χ0) is 16.4. The molecule has 23 heavy (non-hydrogen) atoms. The normalized spacial score (nSPS) is 22.4. The number of nitrogens with zero attached hydrogens (tertiary/aromatic N) is 1. The number of amides is 2. The first-order valence-electron chi connectivity index (χ1n) is 8.08. The maximum atomic E-state index is 12.0. The van der Waals surface area contributed by atoms with Crippen LogP contribution in [0.3, 0.4) is 0 Å². The molecule has 0 unspecified atom stereocenters. The standard InChI is InChI=1S/C17H23N3O3/c1-3-15(21)19-8-14-9-20(16(22)23-14)13-6-4-12(5-7-13)17(2)10-18-11-17/h4-7,14,18H,3,8-11H2,1-2H3,(H,19,21)/t14-/m0/s1. The van der Waals surface area contributed by atoms with Crippen LogP contribution in [0.25, 0.3) is 0 Å². The van der Waals surface area contributed by atoms with E-state index in [9.17, 15) is 9.59 Å². The Hall–Kier alpha value is -2.08. The van der Waals surface area contributed by atoms with E-state index < -0.39 is 0 Å². The molecule has 6 heteroatoms. The van der Waals surface area contributed by atoms with Crippen LogP contribution in [0.2, 0.25) is 0 Å². The summed E-state index contributed by atoms with van der Waals surface area (Å²) in [6.07, 6.45) is -0.226. The third kappa shape index (κ3) is 3.17. The molecular weight excluding hydrogens is 294 g/mol. The van der Waals surface area contributed by atoms with Crippen molar-refractivity contribution in [3.63, 3.8) is 0 Å². The molecule has 124 valence electrons. The van der Waals surface area contributed by atoms with Gasteiger partial charge in [-0.15, -0.1) is 0 Å². The molecule has 1 aromatic rings. The third-order valence-corrected chi connectivity index (χ3v) is 4.63. The van der Waals surface area contributed by atoms with E-state index in [4.69, 9.17) is 4.74 Å². The first-order valence-corrected chi connectivity index (χ1v) is 8.08. The van der Waals surface area contributed by atoms with Crippen LogP contribution in [0.1, 0.15) is 25.8 Å². The largest absolute Gasteiger partial charge is 0.442 e. The number of carbonyl (C=O) groups excluding carboxylic acids is 2. The lowest BCUT2D eigenvalue weighted by molar-refractivity contribution is -0.121. The monoisotopic (exact) mass is 317 g/mol. The molecule has 0 saturated carbocycles. The van der Waals surface area contributed by atoms with Crippen LogP contribution in [0.15, 0.2) is 24.3 Å². The van der Waals surface area contributed by atoms with E-state index in [2.05, 4.69) is 29.7 Å². The van der Waals surface area contributed by atoms with Gasteiger partial charge >= 0.3 is 6.09 Å². The molecular formula is C17H23N3O3. The van der Waals surface area contributed by atoms with Crippen LogP contribution in [0.4, 0.5) is 10.5 Å². The van der Waals surface area contributed by atoms with Gasteiger partial charge in [0, 0.05) is 30.6 Å². The first kappa shape index (κ1) is 15.8. The molecule has 2 aliphatic heterocycles. The molecule has 2 fully saturated rings. The molecule has 0 bridgehead atoms. The van der Waals surface area contributed by atoms with Crippen molar-refractivity contribution in [2.24, 2.45) is 0 Å². The zero-order valence-corrected chi connectivity index (χ0v) is 13.6. The van der Waals surface area contributed by atoms with Crippen molar-refractivity contribution in [2.75, 3.05) is 31.1 Å². The van der Waals surface area contributed by atoms with E-state index in [1.807, 2.05) is 12.1 Å². The Labute approximate surface area is 136 Å². The summed E-state index contributed by atoms with van der Waals surface area (Å²) < 4.78 is 5.32. The topological polar surface area (TPSA) is 70.7 Å². The highest BCUT2D eigenvalue weighted by atomic mass is 16.6. The molecule has 0 radical (unpaired) electrons. The fraction of sp³-hybridized carbons (Fsp3) is 0.529. The molecule has 2 aliphatic rings. The Morgan fingerprint density at radius 3 is 2.65 bits per heavy atom. The lowest BCUT2D eigenvalue weighted by atomic mass is 9.77. The predicted molar refractivity (Wildman–Crippen MR) is 87.6 cm³/mol. The molecule has 0 spiro atoms. The van der Waals surface area contributed by atoms with Crippen LogP contribution in [0, 0.1) is 0 Å². The SMILES string of the molecule is CCC(=O)NC[C@H]1CN(c2ccc(C3(C)CNC3)cc2)C(=O)O1. The summed E-state index contributed by atoms with van der Waals surface area (Å²) in [5, 5.41) is 6.05. The third-order valence-electron chi connectivity index (χ3n) is 4.63. The number of rotatable bonds is 5. The second-order valence-electron chi connectivity index (χ2n) is 6.49. The molecule has 2 amide bonds. The van der Waals surface area contributed by atoms with E-state index in [0.29, 0.717) is 19.5 Å². The van der Waals surface area contributed by atoms with E-state index in [1.165, 1.54) is 5.56 Å². The van der Waals surface area contributed by atoms with Crippen molar-refractivity contribution in [3.05, 3.63) is 29.8 Å². The Morgan fingerprint density at radius 2 is 2.09 bits per heavy atom. The molecule has 2 saturated heterocycles. The smallest absolute Gasteiger partial charge is 0.414 e. The number of hydrogen-bond acceptors (Lipinski definition) is 4. The van der Waals surface area contributed by atoms with Crippen LogP contribution in [0.5, 0.6) is 0 Å². The van der Waals surface area contributed by atoms with Gasteiger partial charge in [-0.05, 0) is 17.7 Å². The highest BCUT2D eigenvalue weighted by Crippen LogP contribution is 2.30. The van der Waals surface area contributed by atoms with Gasteiger partial charge in [-0.25, -0.2) is 4.79 Å². The molecule has 0 aliphatic carbocycles. The summed E-state index contributed by atoms with van der Waals surface area (Å²) in [4.78, 5) is 24.9. The Morgan fingerprint density at radius 1 is 1.39 bits per heavy atom. The number of anilines is 1. The fourth-order valence-corrected chi connectivity index (χ4v) is 2.94. The highest BCUT2D eigenvalue weighted by molar-refractivity contribution is 5.89. The average molecular weight is 317 g/mol. The van der Waals surface area contributed by atoms with Gasteiger partial charge in [-0.3, -0.25) is 9.69 Å². The summed E-state index contributed by atoms with van der Waals surface area (Å²) in [6.45, 7) is 6.81. The van der Waals surface area contributed by atoms with Crippen molar-refractivity contribution >= 4 is 17.7 Å². The molecule has 2 heterocycles. The number of nitrogens with one attached hydrogen (secondary N) is 2. The Balaban J connectivity index is 1.62. The van der Waals surface area contributed by atoms with Gasteiger partial charge in [0.15, 0.2) is 0 Å². The Bertz CT molecular complexity index is 596. The number of carbonyl (C=O) groups is 2. The van der Waals surface area contributed by atoms with Crippen molar-refractivity contribution in [2.45, 2.75) is 31.8 Å². The summed E-state index contributed by atoms with van der Waals surface area (Å²) in [6, 6.07) is 8.09. The van der Waals surface area contributed by atoms with Gasteiger partial charge < -0.3 is 15.4 Å². The lowest BCUT2D eigenvalue weighted by Crippen LogP contribution is -2.54. The van der Waals surface area contributed by atoms with Crippen molar-refractivity contribution in [1.29, 1.82) is 0 Å². The van der Waals surface area contributed by atoms with Gasteiger partial charge in [0.1, 0.15) is 6.10 Å². The van der Waals surface area contributed by atoms with Gasteiger partial charge in [-0.1, -0.05) is 26.0 Å². The van der Waals surface area contributed by atoms with E-state index >= 15 is 0 Å². The summed E-state index contributed by atoms with van der Waals surface area (Å²) in [5.74, 6) is -0.0359. The lowest BCUT2D eigenvalue weighted by Gasteiger charge is -2.40. The minimum absolute atomic E-state index is 0.0359. The molecule has 1 aromatic carbocycles. The molecule has 6 nitrogen and oxygen atoms in total. The zero-order valence-electron chi connectivity index (χ0n) is 13.6. The van der Waals surface area contributed by atoms with Gasteiger partial charge in [0.25, 0.3) is 0 Å². The number of cyclic esters (lactones) is 1. The van der Waals surface area contributed by atoms with E-state index in [1.54, 1.807) is 11.8 Å². The van der Waals surface area contributed by atoms with Gasteiger partial charge in [-0.2, -0.15) is 0 Å². The van der Waals surface area contributed by atoms with Gasteiger partial charge in [0.2, 0.25) is 5.91 Å². The van der Waals surface area contributed by atoms with Gasteiger partial charge in [0.05, 0.1) is 13.1 Å². The molecule has 0 aromatic heterocycles. The maximum Gasteiger partial charge on any atom is 0.414 e. The van der Waals surface area contributed by atoms with E-state index in [-0.39, 0.29) is 23.5 Å². The second kappa shape index (κ2) is 6.20. The van der Waals surface area contributed by atoms with E-state index in [0.717, 1.165) is 18.8 Å². The molecule has 3 rings (SSSR count). The second-order valence-corrected chi connectivity index (χ2v) is 6.49. The molecule has 1 atom stereocenters. The Kier molecular flexibility index (Phi) is 4.26. The van der Waals surface area contributed by atoms with Crippen molar-refractivity contribution < 1.29 is 14.3 Å². The number of ether oxygens (including phenoxy) is 1.